The normalized spacial score (nSPS) is 20.8. The summed E-state index contributed by atoms with van der Waals surface area (Å²) < 4.78 is 5.73. The van der Waals surface area contributed by atoms with E-state index in [-0.39, 0.29) is 6.04 Å². The van der Waals surface area contributed by atoms with Gasteiger partial charge >= 0.3 is 0 Å². The van der Waals surface area contributed by atoms with Crippen LogP contribution in [0.2, 0.25) is 0 Å². The van der Waals surface area contributed by atoms with Crippen LogP contribution in [0, 0.1) is 5.92 Å². The van der Waals surface area contributed by atoms with Gasteiger partial charge in [0.05, 0.1) is 6.61 Å². The Kier molecular flexibility index (Phi) is 3.30. The highest BCUT2D eigenvalue weighted by molar-refractivity contribution is 5.35. The van der Waals surface area contributed by atoms with Crippen molar-refractivity contribution in [2.24, 2.45) is 11.7 Å². The lowest BCUT2D eigenvalue weighted by atomic mass is 9.88. The number of hydrogen-bond acceptors (Lipinski definition) is 2. The molecule has 0 saturated carbocycles. The summed E-state index contributed by atoms with van der Waals surface area (Å²) in [7, 11) is 0. The molecule has 0 radical (unpaired) electrons. The van der Waals surface area contributed by atoms with E-state index in [1.807, 2.05) is 19.1 Å². The summed E-state index contributed by atoms with van der Waals surface area (Å²) in [5, 5.41) is 0. The molecular formula is C14H19NO. The van der Waals surface area contributed by atoms with E-state index in [0.717, 1.165) is 30.8 Å². The maximum absolute atomic E-state index is 6.17. The Hall–Kier alpha value is -1.28. The van der Waals surface area contributed by atoms with Gasteiger partial charge in [0.1, 0.15) is 5.75 Å². The highest BCUT2D eigenvalue weighted by Crippen LogP contribution is 2.28. The Bertz CT molecular complexity index is 386. The average molecular weight is 217 g/mol. The van der Waals surface area contributed by atoms with Crippen molar-refractivity contribution in [2.45, 2.75) is 25.8 Å². The quantitative estimate of drug-likeness (QED) is 0.790. The van der Waals surface area contributed by atoms with Gasteiger partial charge in [-0.05, 0) is 31.4 Å². The molecular weight excluding hydrogens is 198 g/mol. The van der Waals surface area contributed by atoms with Crippen LogP contribution in [0.1, 0.15) is 18.9 Å². The topological polar surface area (TPSA) is 35.2 Å². The largest absolute Gasteiger partial charge is 0.493 e. The molecule has 0 aromatic heterocycles. The molecule has 0 bridgehead atoms. The van der Waals surface area contributed by atoms with Crippen molar-refractivity contribution in [2.75, 3.05) is 6.61 Å². The van der Waals surface area contributed by atoms with Crippen molar-refractivity contribution in [1.82, 2.24) is 0 Å². The molecule has 16 heavy (non-hydrogen) atoms. The molecule has 0 spiro atoms. The van der Waals surface area contributed by atoms with E-state index in [2.05, 4.69) is 18.7 Å². The molecule has 2 rings (SSSR count). The Morgan fingerprint density at radius 3 is 3.06 bits per heavy atom. The van der Waals surface area contributed by atoms with Gasteiger partial charge in [0.15, 0.2) is 0 Å². The molecule has 1 aromatic rings. The number of nitrogens with two attached hydrogens (primary N) is 1. The number of benzene rings is 1. The van der Waals surface area contributed by atoms with Gasteiger partial charge in [0, 0.05) is 12.0 Å². The highest BCUT2D eigenvalue weighted by Gasteiger charge is 2.24. The zero-order valence-corrected chi connectivity index (χ0v) is 9.78. The third-order valence-corrected chi connectivity index (χ3v) is 3.10. The molecule has 0 fully saturated rings. The fraction of sp³-hybridized carbons (Fsp3) is 0.429. The SMILES string of the molecule is C=C(C)CC(N)C1COc2ccccc2C1. The standard InChI is InChI=1S/C14H19NO/c1-10(2)7-13(15)12-8-11-5-3-4-6-14(11)16-9-12/h3-6,12-13H,1,7-9,15H2,2H3. The van der Waals surface area contributed by atoms with Crippen LogP contribution < -0.4 is 10.5 Å². The molecule has 1 aliphatic heterocycles. The van der Waals surface area contributed by atoms with Crippen LogP contribution in [0.3, 0.4) is 0 Å². The van der Waals surface area contributed by atoms with Crippen LogP contribution in [0.5, 0.6) is 5.75 Å². The minimum atomic E-state index is 0.158. The van der Waals surface area contributed by atoms with E-state index in [4.69, 9.17) is 10.5 Å². The van der Waals surface area contributed by atoms with Crippen LogP contribution in [0.25, 0.3) is 0 Å². The third-order valence-electron chi connectivity index (χ3n) is 3.10. The number of para-hydroxylation sites is 1. The van der Waals surface area contributed by atoms with Crippen molar-refractivity contribution in [3.63, 3.8) is 0 Å². The fourth-order valence-corrected chi connectivity index (χ4v) is 2.20. The lowest BCUT2D eigenvalue weighted by molar-refractivity contribution is 0.199. The van der Waals surface area contributed by atoms with Gasteiger partial charge in [-0.1, -0.05) is 23.8 Å². The zero-order valence-electron chi connectivity index (χ0n) is 9.78. The van der Waals surface area contributed by atoms with E-state index >= 15 is 0 Å². The minimum absolute atomic E-state index is 0.158. The number of rotatable bonds is 3. The average Bonchev–Trinajstić information content (AvgIpc) is 2.27. The zero-order chi connectivity index (χ0) is 11.5. The van der Waals surface area contributed by atoms with E-state index in [9.17, 15) is 0 Å². The molecule has 2 nitrogen and oxygen atoms in total. The number of hydrogen-bond donors (Lipinski definition) is 1. The van der Waals surface area contributed by atoms with Crippen molar-refractivity contribution in [3.8, 4) is 5.75 Å². The molecule has 0 aliphatic carbocycles. The minimum Gasteiger partial charge on any atom is -0.493 e. The highest BCUT2D eigenvalue weighted by atomic mass is 16.5. The Morgan fingerprint density at radius 2 is 2.31 bits per heavy atom. The summed E-state index contributed by atoms with van der Waals surface area (Å²) in [6.07, 6.45) is 1.90. The third kappa shape index (κ3) is 2.45. The summed E-state index contributed by atoms with van der Waals surface area (Å²) in [6, 6.07) is 8.36. The first-order valence-electron chi connectivity index (χ1n) is 5.77. The lowest BCUT2D eigenvalue weighted by Crippen LogP contribution is -2.37. The second-order valence-electron chi connectivity index (χ2n) is 4.71. The van der Waals surface area contributed by atoms with Gasteiger partial charge in [-0.25, -0.2) is 0 Å². The monoisotopic (exact) mass is 217 g/mol. The number of fused-ring (bicyclic) bond motifs is 1. The molecule has 0 amide bonds. The van der Waals surface area contributed by atoms with Crippen LogP contribution in [-0.4, -0.2) is 12.6 Å². The molecule has 86 valence electrons. The summed E-state index contributed by atoms with van der Waals surface area (Å²) >= 11 is 0. The van der Waals surface area contributed by atoms with E-state index in [1.165, 1.54) is 5.56 Å². The lowest BCUT2D eigenvalue weighted by Gasteiger charge is -2.29. The molecule has 0 saturated heterocycles. The Labute approximate surface area is 97.1 Å². The summed E-state index contributed by atoms with van der Waals surface area (Å²) in [4.78, 5) is 0. The van der Waals surface area contributed by atoms with Gasteiger partial charge in [-0.2, -0.15) is 0 Å². The van der Waals surface area contributed by atoms with Crippen LogP contribution >= 0.6 is 0 Å². The second-order valence-corrected chi connectivity index (χ2v) is 4.71. The van der Waals surface area contributed by atoms with Crippen molar-refractivity contribution < 1.29 is 4.74 Å². The van der Waals surface area contributed by atoms with Crippen molar-refractivity contribution in [3.05, 3.63) is 42.0 Å². The summed E-state index contributed by atoms with van der Waals surface area (Å²) in [5.74, 6) is 1.42. The van der Waals surface area contributed by atoms with Gasteiger partial charge in [-0.3, -0.25) is 0 Å². The Morgan fingerprint density at radius 1 is 1.56 bits per heavy atom. The molecule has 2 heteroatoms. The predicted molar refractivity (Wildman–Crippen MR) is 66.5 cm³/mol. The first kappa shape index (κ1) is 11.2. The first-order valence-corrected chi connectivity index (χ1v) is 5.77. The maximum atomic E-state index is 6.17. The second kappa shape index (κ2) is 4.71. The van der Waals surface area contributed by atoms with E-state index in [1.54, 1.807) is 0 Å². The predicted octanol–water partition coefficient (Wildman–Crippen LogP) is 2.53. The Balaban J connectivity index is 2.05. The van der Waals surface area contributed by atoms with Gasteiger partial charge < -0.3 is 10.5 Å². The molecule has 2 atom stereocenters. The van der Waals surface area contributed by atoms with E-state index in [0.29, 0.717) is 5.92 Å². The van der Waals surface area contributed by atoms with Crippen LogP contribution in [0.4, 0.5) is 0 Å². The molecule has 1 aromatic carbocycles. The van der Waals surface area contributed by atoms with Crippen LogP contribution in [0.15, 0.2) is 36.4 Å². The maximum Gasteiger partial charge on any atom is 0.122 e. The molecule has 1 heterocycles. The van der Waals surface area contributed by atoms with Gasteiger partial charge in [0.25, 0.3) is 0 Å². The number of ether oxygens (including phenoxy) is 1. The van der Waals surface area contributed by atoms with Crippen molar-refractivity contribution >= 4 is 0 Å². The molecule has 2 N–H and O–H groups in total. The van der Waals surface area contributed by atoms with Crippen LogP contribution in [-0.2, 0) is 6.42 Å². The first-order chi connectivity index (χ1) is 7.66. The molecule has 1 aliphatic rings. The summed E-state index contributed by atoms with van der Waals surface area (Å²) in [5.41, 5.74) is 8.58. The summed E-state index contributed by atoms with van der Waals surface area (Å²) in [6.45, 7) is 6.67. The smallest absolute Gasteiger partial charge is 0.122 e. The van der Waals surface area contributed by atoms with E-state index < -0.39 is 0 Å². The fourth-order valence-electron chi connectivity index (χ4n) is 2.20. The van der Waals surface area contributed by atoms with Crippen molar-refractivity contribution in [1.29, 1.82) is 0 Å². The van der Waals surface area contributed by atoms with Gasteiger partial charge in [-0.15, -0.1) is 6.58 Å². The molecule has 2 unspecified atom stereocenters. The van der Waals surface area contributed by atoms with Gasteiger partial charge in [0.2, 0.25) is 0 Å².